The van der Waals surface area contributed by atoms with Crippen molar-refractivity contribution >= 4 is 17.3 Å². The van der Waals surface area contributed by atoms with Crippen molar-refractivity contribution in [2.24, 2.45) is 7.05 Å². The van der Waals surface area contributed by atoms with Gasteiger partial charge in [0.05, 0.1) is 16.3 Å². The number of hydrogen-bond donors (Lipinski definition) is 1. The first-order chi connectivity index (χ1) is 9.70. The number of aromatic nitrogens is 1. The minimum absolute atomic E-state index is 0.272. The number of rotatable bonds is 3. The van der Waals surface area contributed by atoms with E-state index in [0.717, 1.165) is 29.1 Å². The molecule has 21 heavy (non-hydrogen) atoms. The fourth-order valence-electron chi connectivity index (χ4n) is 2.14. The Hall–Kier alpha value is -1.62. The first kappa shape index (κ1) is 15.8. The molecule has 2 rings (SSSR count). The van der Waals surface area contributed by atoms with Crippen LogP contribution in [-0.4, -0.2) is 4.57 Å². The molecule has 0 radical (unpaired) electrons. The number of nitrogens with one attached hydrogen (secondary N) is 1. The predicted molar refractivity (Wildman–Crippen MR) is 78.7 cm³/mol. The average Bonchev–Trinajstić information content (AvgIpc) is 2.64. The summed E-state index contributed by atoms with van der Waals surface area (Å²) in [5.41, 5.74) is 2.77. The number of benzene rings is 1. The summed E-state index contributed by atoms with van der Waals surface area (Å²) in [6, 6.07) is 5.28. The van der Waals surface area contributed by atoms with Crippen LogP contribution in [0.1, 0.15) is 22.5 Å². The lowest BCUT2D eigenvalue weighted by Crippen LogP contribution is -2.07. The number of nitrogens with zero attached hydrogens (tertiary/aromatic N) is 1. The topological polar surface area (TPSA) is 17.0 Å². The van der Waals surface area contributed by atoms with Gasteiger partial charge < -0.3 is 9.88 Å². The minimum Gasteiger partial charge on any atom is -0.380 e. The molecule has 2 aromatic rings. The molecule has 0 saturated carbocycles. The normalized spacial score (nSPS) is 11.8. The van der Waals surface area contributed by atoms with Crippen molar-refractivity contribution in [2.75, 3.05) is 5.32 Å². The average molecular weight is 317 g/mol. The largest absolute Gasteiger partial charge is 0.416 e. The van der Waals surface area contributed by atoms with Crippen LogP contribution >= 0.6 is 11.6 Å². The Morgan fingerprint density at radius 3 is 2.38 bits per heavy atom. The van der Waals surface area contributed by atoms with Crippen LogP contribution in [0.15, 0.2) is 24.3 Å². The van der Waals surface area contributed by atoms with E-state index in [2.05, 4.69) is 5.32 Å². The Bertz CT molecular complexity index is 660. The Balaban J connectivity index is 2.21. The van der Waals surface area contributed by atoms with E-state index in [4.69, 9.17) is 11.6 Å². The quantitative estimate of drug-likeness (QED) is 0.850. The van der Waals surface area contributed by atoms with Gasteiger partial charge in [0.25, 0.3) is 0 Å². The van der Waals surface area contributed by atoms with Gasteiger partial charge in [0.15, 0.2) is 0 Å². The summed E-state index contributed by atoms with van der Waals surface area (Å²) in [6.45, 7) is 4.38. The molecule has 0 aliphatic carbocycles. The second kappa shape index (κ2) is 5.64. The standard InChI is InChI=1S/C15H16ClF3N2/c1-9-6-11(10(2)21(9)3)8-20-14-7-12(15(17,18)19)4-5-13(14)16/h4-7,20H,8H2,1-3H3. The fraction of sp³-hybridized carbons (Fsp3) is 0.333. The second-order valence-corrected chi connectivity index (χ2v) is 5.41. The minimum atomic E-state index is -4.37. The van der Waals surface area contributed by atoms with Gasteiger partial charge in [-0.2, -0.15) is 13.2 Å². The Morgan fingerprint density at radius 1 is 1.19 bits per heavy atom. The third-order valence-corrected chi connectivity index (χ3v) is 3.97. The van der Waals surface area contributed by atoms with Crippen molar-refractivity contribution in [3.8, 4) is 0 Å². The molecule has 1 heterocycles. The molecule has 0 unspecified atom stereocenters. The molecule has 2 nitrogen and oxygen atoms in total. The summed E-state index contributed by atoms with van der Waals surface area (Å²) >= 11 is 5.95. The second-order valence-electron chi connectivity index (χ2n) is 5.00. The number of alkyl halides is 3. The number of halogens is 4. The van der Waals surface area contributed by atoms with E-state index in [1.54, 1.807) is 0 Å². The van der Waals surface area contributed by atoms with Crippen LogP contribution in [0.5, 0.6) is 0 Å². The van der Waals surface area contributed by atoms with Crippen molar-refractivity contribution in [1.29, 1.82) is 0 Å². The fourth-order valence-corrected chi connectivity index (χ4v) is 2.32. The first-order valence-electron chi connectivity index (χ1n) is 6.42. The number of anilines is 1. The van der Waals surface area contributed by atoms with E-state index in [0.29, 0.717) is 6.54 Å². The van der Waals surface area contributed by atoms with Crippen LogP contribution in [0.3, 0.4) is 0 Å². The summed E-state index contributed by atoms with van der Waals surface area (Å²) in [5.74, 6) is 0. The van der Waals surface area contributed by atoms with Gasteiger partial charge in [0.2, 0.25) is 0 Å². The molecule has 0 aliphatic rings. The van der Waals surface area contributed by atoms with Crippen LogP contribution in [-0.2, 0) is 19.8 Å². The summed E-state index contributed by atoms with van der Waals surface area (Å²) in [4.78, 5) is 0. The van der Waals surface area contributed by atoms with Crippen LogP contribution < -0.4 is 5.32 Å². The molecular formula is C15H16ClF3N2. The van der Waals surface area contributed by atoms with Gasteiger partial charge in [-0.25, -0.2) is 0 Å². The first-order valence-corrected chi connectivity index (χ1v) is 6.80. The van der Waals surface area contributed by atoms with Crippen LogP contribution in [0, 0.1) is 13.8 Å². The van der Waals surface area contributed by atoms with Crippen LogP contribution in [0.25, 0.3) is 0 Å². The van der Waals surface area contributed by atoms with Gasteiger partial charge in [0, 0.05) is 25.0 Å². The van der Waals surface area contributed by atoms with Crippen molar-refractivity contribution in [3.63, 3.8) is 0 Å². The maximum Gasteiger partial charge on any atom is 0.416 e. The molecule has 0 spiro atoms. The molecule has 6 heteroatoms. The van der Waals surface area contributed by atoms with Gasteiger partial charge in [0.1, 0.15) is 0 Å². The van der Waals surface area contributed by atoms with Crippen molar-refractivity contribution in [1.82, 2.24) is 4.57 Å². The van der Waals surface area contributed by atoms with E-state index < -0.39 is 11.7 Å². The van der Waals surface area contributed by atoms with E-state index in [9.17, 15) is 13.2 Å². The predicted octanol–water partition coefficient (Wildman–Crippen LogP) is 4.93. The molecule has 1 aromatic carbocycles. The van der Waals surface area contributed by atoms with Crippen LogP contribution in [0.4, 0.5) is 18.9 Å². The lowest BCUT2D eigenvalue weighted by Gasteiger charge is -2.12. The lowest BCUT2D eigenvalue weighted by atomic mass is 10.2. The van der Waals surface area contributed by atoms with Gasteiger partial charge in [-0.15, -0.1) is 0 Å². The molecule has 0 amide bonds. The van der Waals surface area contributed by atoms with E-state index in [1.165, 1.54) is 6.07 Å². The SMILES string of the molecule is Cc1cc(CNc2cc(C(F)(F)F)ccc2Cl)c(C)n1C. The maximum absolute atomic E-state index is 12.7. The molecule has 0 saturated heterocycles. The van der Waals surface area contributed by atoms with Gasteiger partial charge in [-0.1, -0.05) is 11.6 Å². The lowest BCUT2D eigenvalue weighted by molar-refractivity contribution is -0.137. The Morgan fingerprint density at radius 2 is 1.86 bits per heavy atom. The van der Waals surface area contributed by atoms with Gasteiger partial charge >= 0.3 is 6.18 Å². The molecule has 1 aromatic heterocycles. The van der Waals surface area contributed by atoms with E-state index >= 15 is 0 Å². The van der Waals surface area contributed by atoms with E-state index in [1.807, 2.05) is 31.5 Å². The smallest absolute Gasteiger partial charge is 0.380 e. The molecule has 114 valence electrons. The third-order valence-electron chi connectivity index (χ3n) is 3.64. The zero-order valence-corrected chi connectivity index (χ0v) is 12.7. The summed E-state index contributed by atoms with van der Waals surface area (Å²) in [5, 5.41) is 3.25. The highest BCUT2D eigenvalue weighted by molar-refractivity contribution is 6.33. The summed E-state index contributed by atoms with van der Waals surface area (Å²) in [7, 11) is 1.95. The Kier molecular flexibility index (Phi) is 4.23. The van der Waals surface area contributed by atoms with Crippen molar-refractivity contribution in [3.05, 3.63) is 51.8 Å². The van der Waals surface area contributed by atoms with Gasteiger partial charge in [-0.05, 0) is 43.7 Å². The molecule has 0 bridgehead atoms. The van der Waals surface area contributed by atoms with Crippen molar-refractivity contribution < 1.29 is 13.2 Å². The number of aryl methyl sites for hydroxylation is 1. The monoisotopic (exact) mass is 316 g/mol. The maximum atomic E-state index is 12.7. The van der Waals surface area contributed by atoms with Crippen LogP contribution in [0.2, 0.25) is 5.02 Å². The van der Waals surface area contributed by atoms with E-state index in [-0.39, 0.29) is 10.7 Å². The molecule has 0 aliphatic heterocycles. The third kappa shape index (κ3) is 3.35. The molecule has 0 atom stereocenters. The molecule has 1 N–H and O–H groups in total. The Labute approximate surface area is 126 Å². The molecular weight excluding hydrogens is 301 g/mol. The highest BCUT2D eigenvalue weighted by atomic mass is 35.5. The summed E-state index contributed by atoms with van der Waals surface area (Å²) in [6.07, 6.45) is -4.37. The van der Waals surface area contributed by atoms with Gasteiger partial charge in [-0.3, -0.25) is 0 Å². The zero-order chi connectivity index (χ0) is 15.8. The highest BCUT2D eigenvalue weighted by Gasteiger charge is 2.30. The highest BCUT2D eigenvalue weighted by Crippen LogP contribution is 2.34. The molecule has 0 fully saturated rings. The zero-order valence-electron chi connectivity index (χ0n) is 12.0. The number of hydrogen-bond acceptors (Lipinski definition) is 1. The van der Waals surface area contributed by atoms with Crippen molar-refractivity contribution in [2.45, 2.75) is 26.6 Å². The summed E-state index contributed by atoms with van der Waals surface area (Å²) < 4.78 is 40.2.